The highest BCUT2D eigenvalue weighted by Gasteiger charge is 2.44. The maximum atomic E-state index is 13.4. The Morgan fingerprint density at radius 2 is 1.90 bits per heavy atom. The van der Waals surface area contributed by atoms with Crippen molar-refractivity contribution in [1.82, 2.24) is 0 Å². The van der Waals surface area contributed by atoms with E-state index in [4.69, 9.17) is 15.2 Å². The van der Waals surface area contributed by atoms with Gasteiger partial charge in [-0.1, -0.05) is 30.3 Å². The van der Waals surface area contributed by atoms with Crippen LogP contribution in [-0.2, 0) is 26.1 Å². The van der Waals surface area contributed by atoms with Crippen molar-refractivity contribution in [3.8, 4) is 0 Å². The molecular weight excluding hydrogens is 380 g/mol. The predicted molar refractivity (Wildman–Crippen MR) is 110 cm³/mol. The van der Waals surface area contributed by atoms with E-state index in [2.05, 4.69) is 0 Å². The minimum Gasteiger partial charge on any atom is -0.462 e. The third kappa shape index (κ3) is 3.61. The Hall–Kier alpha value is -3.41. The van der Waals surface area contributed by atoms with Crippen LogP contribution in [0.15, 0.2) is 77.6 Å². The smallest absolute Gasteiger partial charge is 0.340 e. The van der Waals surface area contributed by atoms with Crippen molar-refractivity contribution in [2.45, 2.75) is 31.6 Å². The standard InChI is InChI=1S/C24H24N2O4/c1-3-29-24(28)22-20(16-10-7-11-26(2)14-16)21-18(27)12-17(13-19(21)30-23(22)25)15-8-5-4-6-9-15/h4-11,14,17,20H,3,12-13H2,1-2H3,(H-,25,28)/p+1/t17-,20-/m0/s1. The van der Waals surface area contributed by atoms with E-state index in [1.165, 1.54) is 0 Å². The molecule has 0 bridgehead atoms. The summed E-state index contributed by atoms with van der Waals surface area (Å²) >= 11 is 0. The van der Waals surface area contributed by atoms with Gasteiger partial charge < -0.3 is 15.2 Å². The van der Waals surface area contributed by atoms with Crippen LogP contribution in [0.1, 0.15) is 42.7 Å². The number of carbonyl (C=O) groups is 2. The Morgan fingerprint density at radius 1 is 1.17 bits per heavy atom. The Bertz CT molecular complexity index is 1060. The summed E-state index contributed by atoms with van der Waals surface area (Å²) in [5.74, 6) is -0.634. The maximum absolute atomic E-state index is 13.4. The lowest BCUT2D eigenvalue weighted by molar-refractivity contribution is -0.671. The molecule has 30 heavy (non-hydrogen) atoms. The first kappa shape index (κ1) is 19.9. The molecule has 1 aliphatic heterocycles. The number of aryl methyl sites for hydroxylation is 1. The van der Waals surface area contributed by atoms with Gasteiger partial charge in [0.2, 0.25) is 5.88 Å². The molecule has 0 radical (unpaired) electrons. The van der Waals surface area contributed by atoms with Crippen LogP contribution in [0.3, 0.4) is 0 Å². The summed E-state index contributed by atoms with van der Waals surface area (Å²) in [6.45, 7) is 1.94. The first-order chi connectivity index (χ1) is 14.5. The highest BCUT2D eigenvalue weighted by Crippen LogP contribution is 2.46. The molecule has 0 unspecified atom stereocenters. The molecule has 1 aromatic heterocycles. The minimum atomic E-state index is -0.607. The number of nitrogens with zero attached hydrogens (tertiary/aromatic N) is 1. The van der Waals surface area contributed by atoms with Gasteiger partial charge in [-0.15, -0.1) is 0 Å². The lowest BCUT2D eigenvalue weighted by Gasteiger charge is -2.34. The van der Waals surface area contributed by atoms with Crippen molar-refractivity contribution < 1.29 is 23.6 Å². The van der Waals surface area contributed by atoms with E-state index in [1.807, 2.05) is 66.5 Å². The van der Waals surface area contributed by atoms with Gasteiger partial charge in [-0.2, -0.15) is 0 Å². The Balaban J connectivity index is 1.81. The van der Waals surface area contributed by atoms with Crippen LogP contribution in [0.5, 0.6) is 0 Å². The van der Waals surface area contributed by atoms with Gasteiger partial charge in [0.25, 0.3) is 0 Å². The summed E-state index contributed by atoms with van der Waals surface area (Å²) in [7, 11) is 1.89. The van der Waals surface area contributed by atoms with Gasteiger partial charge in [-0.3, -0.25) is 4.79 Å². The molecule has 2 aliphatic rings. The normalized spacial score (nSPS) is 21.2. The molecule has 2 aromatic rings. The number of carbonyl (C=O) groups excluding carboxylic acids is 2. The molecule has 0 saturated heterocycles. The zero-order valence-corrected chi connectivity index (χ0v) is 17.1. The van der Waals surface area contributed by atoms with Crippen LogP contribution < -0.4 is 10.3 Å². The summed E-state index contributed by atoms with van der Waals surface area (Å²) in [5, 5.41) is 0. The molecule has 1 aliphatic carbocycles. The number of hydrogen-bond donors (Lipinski definition) is 1. The molecule has 6 nitrogen and oxygen atoms in total. The highest BCUT2D eigenvalue weighted by atomic mass is 16.5. The van der Waals surface area contributed by atoms with E-state index in [-0.39, 0.29) is 29.8 Å². The summed E-state index contributed by atoms with van der Waals surface area (Å²) in [5.41, 5.74) is 8.80. The van der Waals surface area contributed by atoms with E-state index in [0.717, 1.165) is 11.1 Å². The molecular formula is C24H25N2O4+. The van der Waals surface area contributed by atoms with Gasteiger partial charge in [0.05, 0.1) is 12.5 Å². The van der Waals surface area contributed by atoms with Crippen LogP contribution in [-0.4, -0.2) is 18.4 Å². The molecule has 2 atom stereocenters. The molecule has 1 aromatic carbocycles. The maximum Gasteiger partial charge on any atom is 0.340 e. The Kier molecular flexibility index (Phi) is 5.40. The topological polar surface area (TPSA) is 82.5 Å². The quantitative estimate of drug-likeness (QED) is 0.625. The van der Waals surface area contributed by atoms with Crippen LogP contribution in [0, 0.1) is 0 Å². The molecule has 0 fully saturated rings. The summed E-state index contributed by atoms with van der Waals surface area (Å²) < 4.78 is 13.0. The third-order valence-corrected chi connectivity index (χ3v) is 5.60. The fourth-order valence-electron chi connectivity index (χ4n) is 4.29. The lowest BCUT2D eigenvalue weighted by atomic mass is 9.73. The fraction of sp³-hybridized carbons (Fsp3) is 0.292. The predicted octanol–water partition coefficient (Wildman–Crippen LogP) is 2.76. The number of esters is 1. The zero-order chi connectivity index (χ0) is 21.3. The molecule has 0 spiro atoms. The van der Waals surface area contributed by atoms with Crippen molar-refractivity contribution in [1.29, 1.82) is 0 Å². The molecule has 2 heterocycles. The lowest BCUT2D eigenvalue weighted by Crippen LogP contribution is -2.35. The first-order valence-electron chi connectivity index (χ1n) is 10.1. The number of ketones is 1. The monoisotopic (exact) mass is 405 g/mol. The van der Waals surface area contributed by atoms with Gasteiger partial charge in [0, 0.05) is 30.0 Å². The number of pyridine rings is 1. The van der Waals surface area contributed by atoms with Crippen molar-refractivity contribution in [2.24, 2.45) is 12.8 Å². The van der Waals surface area contributed by atoms with Crippen molar-refractivity contribution in [3.05, 3.63) is 88.8 Å². The first-order valence-corrected chi connectivity index (χ1v) is 10.1. The van der Waals surface area contributed by atoms with Crippen LogP contribution in [0.4, 0.5) is 0 Å². The SMILES string of the molecule is CCOC(=O)C1=C(N)OC2=C(C(=O)C[C@H](c3ccccc3)C2)[C@@H]1c1ccc[n+](C)c1. The van der Waals surface area contributed by atoms with E-state index < -0.39 is 11.9 Å². The molecule has 0 saturated carbocycles. The third-order valence-electron chi connectivity index (χ3n) is 5.60. The van der Waals surface area contributed by atoms with E-state index in [0.29, 0.717) is 24.2 Å². The second kappa shape index (κ2) is 8.14. The van der Waals surface area contributed by atoms with Crippen LogP contribution >= 0.6 is 0 Å². The van der Waals surface area contributed by atoms with Gasteiger partial charge in [-0.25, -0.2) is 9.36 Å². The van der Waals surface area contributed by atoms with Crippen LogP contribution in [0.2, 0.25) is 0 Å². The Labute approximate surface area is 175 Å². The number of ether oxygens (including phenoxy) is 2. The highest BCUT2D eigenvalue weighted by molar-refractivity contribution is 6.03. The number of allylic oxidation sites excluding steroid dienone is 2. The minimum absolute atomic E-state index is 0.00483. The number of aromatic nitrogens is 1. The van der Waals surface area contributed by atoms with Gasteiger partial charge in [-0.05, 0) is 24.5 Å². The van der Waals surface area contributed by atoms with E-state index in [1.54, 1.807) is 6.92 Å². The van der Waals surface area contributed by atoms with Crippen LogP contribution in [0.25, 0.3) is 0 Å². The van der Waals surface area contributed by atoms with Crippen molar-refractivity contribution >= 4 is 11.8 Å². The Morgan fingerprint density at radius 3 is 2.60 bits per heavy atom. The molecule has 0 amide bonds. The summed E-state index contributed by atoms with van der Waals surface area (Å²) in [6, 6.07) is 13.7. The average molecular weight is 405 g/mol. The number of benzene rings is 1. The van der Waals surface area contributed by atoms with Gasteiger partial charge in [0.1, 0.15) is 18.4 Å². The van der Waals surface area contributed by atoms with Crippen molar-refractivity contribution in [2.75, 3.05) is 6.61 Å². The second-order valence-electron chi connectivity index (χ2n) is 7.61. The number of Topliss-reactive ketones (excluding diaryl/α,β-unsaturated/α-hetero) is 1. The average Bonchev–Trinajstić information content (AvgIpc) is 2.73. The summed E-state index contributed by atoms with van der Waals surface area (Å²) in [6.07, 6.45) is 4.70. The molecule has 6 heteroatoms. The van der Waals surface area contributed by atoms with Gasteiger partial charge in [0.15, 0.2) is 18.2 Å². The number of rotatable bonds is 4. The summed E-state index contributed by atoms with van der Waals surface area (Å²) in [4.78, 5) is 26.1. The largest absolute Gasteiger partial charge is 0.462 e. The fourth-order valence-corrected chi connectivity index (χ4v) is 4.29. The second-order valence-corrected chi connectivity index (χ2v) is 7.61. The van der Waals surface area contributed by atoms with Gasteiger partial charge >= 0.3 is 5.97 Å². The van der Waals surface area contributed by atoms with Crippen molar-refractivity contribution in [3.63, 3.8) is 0 Å². The molecule has 4 rings (SSSR count). The van der Waals surface area contributed by atoms with E-state index >= 15 is 0 Å². The zero-order valence-electron chi connectivity index (χ0n) is 17.1. The molecule has 154 valence electrons. The number of hydrogen-bond acceptors (Lipinski definition) is 5. The molecule has 2 N–H and O–H groups in total. The van der Waals surface area contributed by atoms with E-state index in [9.17, 15) is 9.59 Å². The number of nitrogens with two attached hydrogens (primary N) is 1.